The summed E-state index contributed by atoms with van der Waals surface area (Å²) in [4.78, 5) is 5.11. The molecule has 5 heteroatoms. The highest BCUT2D eigenvalue weighted by atomic mass is 16.5. The standard InChI is InChI=1S/C60H54N4O/c1-58(2,3)39-29-30-61-54(34-39)64-53-36-45(27-28-49(53)56-50-24-15-18-38-17-14-23-47(55(38)50)46-21-10-11-22-48(46)57(56)64)65-44-20-16-19-42(35-44)62-37-63(52-26-13-12-25-51(52)62)43-32-40(59(4,5)6)31-41(33-43)60(7,8)9/h10-36H,1-9H3. The van der Waals surface area contributed by atoms with E-state index in [1.165, 1.54) is 55.3 Å². The molecule has 0 unspecified atom stereocenters. The average molecular weight is 847 g/mol. The second-order valence-corrected chi connectivity index (χ2v) is 20.8. The minimum absolute atomic E-state index is 0.0131. The molecule has 0 saturated heterocycles. The van der Waals surface area contributed by atoms with Crippen molar-refractivity contribution in [1.29, 1.82) is 0 Å². The molecule has 3 heterocycles. The molecule has 0 atom stereocenters. The Balaban J connectivity index is 1.07. The lowest BCUT2D eigenvalue weighted by Gasteiger charge is -2.26. The molecular weight excluding hydrogens is 793 g/mol. The molecule has 65 heavy (non-hydrogen) atoms. The Morgan fingerprint density at radius 1 is 0.523 bits per heavy atom. The smallest absolute Gasteiger partial charge is 0.269 e. The summed E-state index contributed by atoms with van der Waals surface area (Å²) in [6.07, 6.45) is 5.71. The second-order valence-electron chi connectivity index (χ2n) is 20.8. The highest BCUT2D eigenvalue weighted by Gasteiger charge is 2.30. The zero-order chi connectivity index (χ0) is 45.0. The van der Waals surface area contributed by atoms with E-state index in [2.05, 4.69) is 234 Å². The van der Waals surface area contributed by atoms with Crippen molar-refractivity contribution in [1.82, 2.24) is 14.1 Å². The molecule has 7 aromatic carbocycles. The SMILES string of the molecule is CC(C)(C)c1cc(-[n+]2[c-]n(-c3cccc(Oc4ccc5c6c(n(-c7cc(C(C)(C)C)ccn7)c5c4)-c4ccccc4-c4cccc5cccc-6c45)c3)c3ccccc32)cc(C(C)(C)C)c1. The monoisotopic (exact) mass is 846 g/mol. The first kappa shape index (κ1) is 40.5. The molecule has 1 aliphatic carbocycles. The number of para-hydroxylation sites is 2. The van der Waals surface area contributed by atoms with Gasteiger partial charge in [0.25, 0.3) is 6.33 Å². The zero-order valence-corrected chi connectivity index (χ0v) is 38.8. The predicted molar refractivity (Wildman–Crippen MR) is 268 cm³/mol. The second kappa shape index (κ2) is 14.6. The lowest BCUT2D eigenvalue weighted by Crippen LogP contribution is -2.31. The first-order chi connectivity index (χ1) is 31.1. The number of pyridine rings is 1. The maximum atomic E-state index is 6.90. The van der Waals surface area contributed by atoms with Gasteiger partial charge in [-0.05, 0) is 115 Å². The van der Waals surface area contributed by atoms with Gasteiger partial charge in [-0.1, -0.05) is 159 Å². The highest BCUT2D eigenvalue weighted by Crippen LogP contribution is 2.52. The van der Waals surface area contributed by atoms with E-state index < -0.39 is 0 Å². The summed E-state index contributed by atoms with van der Waals surface area (Å²) in [5, 5.41) is 3.63. The average Bonchev–Trinajstić information content (AvgIpc) is 3.81. The molecule has 11 rings (SSSR count). The molecule has 10 aromatic rings. The Hall–Kier alpha value is -7.24. The van der Waals surface area contributed by atoms with E-state index in [0.29, 0.717) is 0 Å². The summed E-state index contributed by atoms with van der Waals surface area (Å²) in [5.41, 5.74) is 16.1. The van der Waals surface area contributed by atoms with Crippen LogP contribution in [0.15, 0.2) is 164 Å². The van der Waals surface area contributed by atoms with Crippen molar-refractivity contribution in [3.63, 3.8) is 0 Å². The van der Waals surface area contributed by atoms with Gasteiger partial charge >= 0.3 is 0 Å². The summed E-state index contributed by atoms with van der Waals surface area (Å²) >= 11 is 0. The molecular formula is C60H54N4O. The summed E-state index contributed by atoms with van der Waals surface area (Å²) in [5.74, 6) is 2.36. The maximum absolute atomic E-state index is 6.90. The van der Waals surface area contributed by atoms with E-state index in [-0.39, 0.29) is 16.2 Å². The van der Waals surface area contributed by atoms with Crippen LogP contribution in [0.5, 0.6) is 11.5 Å². The molecule has 0 fully saturated rings. The number of rotatable bonds is 5. The largest absolute Gasteiger partial charge is 0.458 e. The minimum atomic E-state index is -0.0653. The van der Waals surface area contributed by atoms with Crippen LogP contribution in [-0.2, 0) is 16.2 Å². The normalized spacial score (nSPS) is 12.7. The summed E-state index contributed by atoms with van der Waals surface area (Å²) < 4.78 is 13.6. The maximum Gasteiger partial charge on any atom is 0.269 e. The first-order valence-corrected chi connectivity index (χ1v) is 22.8. The van der Waals surface area contributed by atoms with Crippen molar-refractivity contribution < 1.29 is 9.30 Å². The Labute approximate surface area is 382 Å². The van der Waals surface area contributed by atoms with Gasteiger partial charge in [-0.15, -0.1) is 0 Å². The van der Waals surface area contributed by atoms with Gasteiger partial charge < -0.3 is 4.74 Å². The van der Waals surface area contributed by atoms with Gasteiger partial charge in [0.2, 0.25) is 0 Å². The molecule has 1 aliphatic rings. The van der Waals surface area contributed by atoms with Crippen molar-refractivity contribution >= 4 is 32.7 Å². The van der Waals surface area contributed by atoms with Crippen molar-refractivity contribution in [2.24, 2.45) is 0 Å². The van der Waals surface area contributed by atoms with Crippen LogP contribution in [0.25, 0.3) is 83.4 Å². The van der Waals surface area contributed by atoms with Crippen LogP contribution in [0.2, 0.25) is 0 Å². The van der Waals surface area contributed by atoms with Gasteiger partial charge in [0.05, 0.1) is 33.6 Å². The van der Waals surface area contributed by atoms with Crippen LogP contribution in [0, 0.1) is 6.33 Å². The lowest BCUT2D eigenvalue weighted by atomic mass is 9.80. The molecule has 0 N–H and O–H groups in total. The van der Waals surface area contributed by atoms with E-state index in [0.717, 1.165) is 56.3 Å². The Bertz CT molecular complexity index is 3490. The van der Waals surface area contributed by atoms with Crippen LogP contribution >= 0.6 is 0 Å². The fourth-order valence-corrected chi connectivity index (χ4v) is 9.67. The molecule has 0 spiro atoms. The fourth-order valence-electron chi connectivity index (χ4n) is 9.67. The molecule has 5 nitrogen and oxygen atoms in total. The van der Waals surface area contributed by atoms with E-state index in [9.17, 15) is 0 Å². The first-order valence-electron chi connectivity index (χ1n) is 22.8. The van der Waals surface area contributed by atoms with Gasteiger partial charge in [-0.3, -0.25) is 13.7 Å². The summed E-state index contributed by atoms with van der Waals surface area (Å²) in [6, 6.07) is 57.0. The van der Waals surface area contributed by atoms with E-state index in [1.54, 1.807) is 0 Å². The Morgan fingerprint density at radius 2 is 1.17 bits per heavy atom. The number of imidazole rings is 1. The van der Waals surface area contributed by atoms with Crippen molar-refractivity contribution in [3.05, 3.63) is 187 Å². The van der Waals surface area contributed by atoms with Crippen LogP contribution in [0.4, 0.5) is 0 Å². The zero-order valence-electron chi connectivity index (χ0n) is 38.8. The quantitative estimate of drug-likeness (QED) is 0.128. The van der Waals surface area contributed by atoms with Crippen LogP contribution in [0.3, 0.4) is 0 Å². The number of ether oxygens (including phenoxy) is 1. The minimum Gasteiger partial charge on any atom is -0.458 e. The third-order valence-corrected chi connectivity index (χ3v) is 13.2. The van der Waals surface area contributed by atoms with E-state index in [1.807, 2.05) is 12.3 Å². The third-order valence-electron chi connectivity index (χ3n) is 13.2. The summed E-state index contributed by atoms with van der Waals surface area (Å²) in [7, 11) is 0. The Kier molecular flexibility index (Phi) is 9.13. The van der Waals surface area contributed by atoms with Crippen molar-refractivity contribution in [3.8, 4) is 62.2 Å². The van der Waals surface area contributed by atoms with Gasteiger partial charge in [-0.2, -0.15) is 0 Å². The molecule has 0 saturated carbocycles. The Morgan fingerprint density at radius 3 is 1.91 bits per heavy atom. The molecule has 0 aliphatic heterocycles. The third kappa shape index (κ3) is 6.84. The number of fused-ring (bicyclic) bond motifs is 8. The van der Waals surface area contributed by atoms with Crippen molar-refractivity contribution in [2.75, 3.05) is 0 Å². The molecule has 0 bridgehead atoms. The van der Waals surface area contributed by atoms with Gasteiger partial charge in [-0.25, -0.2) is 4.98 Å². The number of hydrogen-bond donors (Lipinski definition) is 0. The topological polar surface area (TPSA) is 35.9 Å². The number of aromatic nitrogens is 4. The van der Waals surface area contributed by atoms with Gasteiger partial charge in [0.15, 0.2) is 0 Å². The van der Waals surface area contributed by atoms with Crippen LogP contribution in [0.1, 0.15) is 79.0 Å². The number of nitrogens with zero attached hydrogens (tertiary/aromatic N) is 4. The lowest BCUT2D eigenvalue weighted by molar-refractivity contribution is -0.572. The molecule has 0 amide bonds. The van der Waals surface area contributed by atoms with Crippen LogP contribution < -0.4 is 9.30 Å². The highest BCUT2D eigenvalue weighted by molar-refractivity contribution is 6.19. The summed E-state index contributed by atoms with van der Waals surface area (Å²) in [6.45, 7) is 20.5. The predicted octanol–water partition coefficient (Wildman–Crippen LogP) is 15.2. The van der Waals surface area contributed by atoms with E-state index in [4.69, 9.17) is 9.72 Å². The van der Waals surface area contributed by atoms with Gasteiger partial charge in [0.1, 0.15) is 17.3 Å². The molecule has 3 aromatic heterocycles. The molecule has 320 valence electrons. The van der Waals surface area contributed by atoms with Crippen molar-refractivity contribution in [2.45, 2.75) is 78.6 Å². The van der Waals surface area contributed by atoms with Gasteiger partial charge in [0, 0.05) is 28.8 Å². The van der Waals surface area contributed by atoms with Crippen LogP contribution in [-0.4, -0.2) is 14.1 Å². The number of hydrogen-bond acceptors (Lipinski definition) is 2. The molecule has 0 radical (unpaired) electrons. The fraction of sp³-hybridized carbons (Fsp3) is 0.200. The number of benzene rings is 7. The van der Waals surface area contributed by atoms with E-state index >= 15 is 0 Å².